The summed E-state index contributed by atoms with van der Waals surface area (Å²) >= 11 is 6.80. The van der Waals surface area contributed by atoms with Crippen molar-refractivity contribution in [2.75, 3.05) is 0 Å². The largest absolute Gasteiger partial charge is 0.207 e. The minimum Gasteiger partial charge on any atom is -0.207 e. The van der Waals surface area contributed by atoms with E-state index in [4.69, 9.17) is 12.2 Å². The maximum Gasteiger partial charge on any atom is 0.123 e. The predicted molar refractivity (Wildman–Crippen MR) is 70.4 cm³/mol. The summed E-state index contributed by atoms with van der Waals surface area (Å²) < 4.78 is 13.5. The van der Waals surface area contributed by atoms with E-state index in [1.54, 1.807) is 12.1 Å². The van der Waals surface area contributed by atoms with E-state index < -0.39 is 0 Å². The van der Waals surface area contributed by atoms with Crippen molar-refractivity contribution in [2.45, 2.75) is 4.90 Å². The van der Waals surface area contributed by atoms with Gasteiger partial charge in [0.1, 0.15) is 5.82 Å². The Kier molecular flexibility index (Phi) is 3.70. The monoisotopic (exact) mass is 248 g/mol. The Morgan fingerprint density at radius 1 is 0.938 bits per heavy atom. The molecule has 0 atom stereocenters. The van der Waals surface area contributed by atoms with Crippen LogP contribution in [0.3, 0.4) is 0 Å². The lowest BCUT2D eigenvalue weighted by Crippen LogP contribution is -1.91. The number of hydrogen-bond acceptors (Lipinski definition) is 2. The molecule has 2 aromatic carbocycles. The average molecular weight is 248 g/mol. The molecule has 0 aliphatic heterocycles. The molecule has 0 aromatic heterocycles. The summed E-state index contributed by atoms with van der Waals surface area (Å²) in [5.41, 5.74) is 0.880. The van der Waals surface area contributed by atoms with Gasteiger partial charge in [-0.15, -0.1) is 0 Å². The summed E-state index contributed by atoms with van der Waals surface area (Å²) in [4.78, 5) is 1.09. The Morgan fingerprint density at radius 3 is 2.19 bits per heavy atom. The molecular weight excluding hydrogens is 239 g/mol. The minimum atomic E-state index is -0.240. The molecule has 0 N–H and O–H groups in total. The summed E-state index contributed by atoms with van der Waals surface area (Å²) in [6.45, 7) is 0. The van der Waals surface area contributed by atoms with E-state index in [1.807, 2.05) is 30.3 Å². The summed E-state index contributed by atoms with van der Waals surface area (Å²) in [5.74, 6) is -0.240. The van der Waals surface area contributed by atoms with Crippen LogP contribution in [0.25, 0.3) is 0 Å². The average Bonchev–Trinajstić information content (AvgIpc) is 2.31. The van der Waals surface area contributed by atoms with Gasteiger partial charge in [-0.1, -0.05) is 54.3 Å². The molecule has 16 heavy (non-hydrogen) atoms. The van der Waals surface area contributed by atoms with Gasteiger partial charge in [0, 0.05) is 4.90 Å². The molecule has 0 spiro atoms. The standard InChI is InChI=1S/C13H9FS2/c14-11-8-6-10(7-9-11)13(15)16-12-4-2-1-3-5-12/h1-9H. The molecule has 0 radical (unpaired) electrons. The van der Waals surface area contributed by atoms with E-state index >= 15 is 0 Å². The van der Waals surface area contributed by atoms with Crippen LogP contribution in [-0.4, -0.2) is 4.20 Å². The van der Waals surface area contributed by atoms with Crippen LogP contribution in [0.4, 0.5) is 4.39 Å². The first-order chi connectivity index (χ1) is 7.75. The van der Waals surface area contributed by atoms with E-state index in [1.165, 1.54) is 23.9 Å². The second kappa shape index (κ2) is 5.23. The smallest absolute Gasteiger partial charge is 0.123 e. The van der Waals surface area contributed by atoms with E-state index in [9.17, 15) is 4.39 Å². The van der Waals surface area contributed by atoms with Crippen molar-refractivity contribution in [1.29, 1.82) is 0 Å². The fourth-order valence-electron chi connectivity index (χ4n) is 1.24. The molecule has 0 saturated heterocycles. The minimum absolute atomic E-state index is 0.240. The third-order valence-corrected chi connectivity index (χ3v) is 3.45. The Morgan fingerprint density at radius 2 is 1.56 bits per heavy atom. The molecule has 0 nitrogen and oxygen atoms in total. The highest BCUT2D eigenvalue weighted by Crippen LogP contribution is 2.23. The molecule has 80 valence electrons. The van der Waals surface area contributed by atoms with Crippen LogP contribution in [0.2, 0.25) is 0 Å². The van der Waals surface area contributed by atoms with Crippen LogP contribution in [0.5, 0.6) is 0 Å². The van der Waals surface area contributed by atoms with Crippen LogP contribution in [0, 0.1) is 5.82 Å². The molecule has 0 amide bonds. The summed E-state index contributed by atoms with van der Waals surface area (Å²) in [6, 6.07) is 16.2. The van der Waals surface area contributed by atoms with Crippen LogP contribution < -0.4 is 0 Å². The van der Waals surface area contributed by atoms with E-state index in [-0.39, 0.29) is 5.82 Å². The Labute approximate surface area is 104 Å². The lowest BCUT2D eigenvalue weighted by Gasteiger charge is -2.03. The Hall–Kier alpha value is -1.19. The number of thiocarbonyl (C=S) groups is 1. The van der Waals surface area contributed by atoms with E-state index in [2.05, 4.69) is 0 Å². The molecular formula is C13H9FS2. The van der Waals surface area contributed by atoms with E-state index in [0.29, 0.717) is 0 Å². The molecule has 0 aliphatic rings. The third-order valence-electron chi connectivity index (χ3n) is 2.03. The van der Waals surface area contributed by atoms with E-state index in [0.717, 1.165) is 14.7 Å². The summed E-state index contributed by atoms with van der Waals surface area (Å²) in [5, 5.41) is 0. The Balaban J connectivity index is 2.12. The zero-order valence-corrected chi connectivity index (χ0v) is 10.0. The summed E-state index contributed by atoms with van der Waals surface area (Å²) in [6.07, 6.45) is 0. The molecule has 3 heteroatoms. The van der Waals surface area contributed by atoms with Crippen molar-refractivity contribution in [3.05, 3.63) is 66.0 Å². The number of rotatable bonds is 2. The van der Waals surface area contributed by atoms with Gasteiger partial charge < -0.3 is 0 Å². The summed E-state index contributed by atoms with van der Waals surface area (Å²) in [7, 11) is 0. The quantitative estimate of drug-likeness (QED) is 0.574. The van der Waals surface area contributed by atoms with Crippen molar-refractivity contribution in [3.63, 3.8) is 0 Å². The van der Waals surface area contributed by atoms with Gasteiger partial charge in [-0.25, -0.2) is 4.39 Å². The topological polar surface area (TPSA) is 0 Å². The number of benzene rings is 2. The van der Waals surface area contributed by atoms with Crippen molar-refractivity contribution in [3.8, 4) is 0 Å². The van der Waals surface area contributed by atoms with Gasteiger partial charge in [-0.05, 0) is 29.8 Å². The van der Waals surface area contributed by atoms with Crippen molar-refractivity contribution in [1.82, 2.24) is 0 Å². The van der Waals surface area contributed by atoms with Crippen LogP contribution >= 0.6 is 24.0 Å². The van der Waals surface area contributed by atoms with Gasteiger partial charge in [0.25, 0.3) is 0 Å². The number of hydrogen-bond donors (Lipinski definition) is 0. The van der Waals surface area contributed by atoms with Gasteiger partial charge in [0.15, 0.2) is 0 Å². The molecule has 0 unspecified atom stereocenters. The second-order valence-corrected chi connectivity index (χ2v) is 4.96. The predicted octanol–water partition coefficient (Wildman–Crippen LogP) is 4.29. The van der Waals surface area contributed by atoms with Gasteiger partial charge in [0.2, 0.25) is 0 Å². The van der Waals surface area contributed by atoms with Crippen LogP contribution in [0.15, 0.2) is 59.5 Å². The number of thioether (sulfide) groups is 1. The molecule has 0 heterocycles. The van der Waals surface area contributed by atoms with Crippen LogP contribution in [0.1, 0.15) is 5.56 Å². The lowest BCUT2D eigenvalue weighted by atomic mass is 10.2. The lowest BCUT2D eigenvalue weighted by molar-refractivity contribution is 0.628. The normalized spacial score (nSPS) is 10.1. The Bertz CT molecular complexity index is 477. The maximum absolute atomic E-state index is 12.7. The SMILES string of the molecule is Fc1ccc(C(=S)Sc2ccccc2)cc1. The van der Waals surface area contributed by atoms with Gasteiger partial charge >= 0.3 is 0 Å². The first kappa shape index (κ1) is 11.3. The molecule has 0 bridgehead atoms. The maximum atomic E-state index is 12.7. The molecule has 0 aliphatic carbocycles. The third kappa shape index (κ3) is 2.90. The van der Waals surface area contributed by atoms with Gasteiger partial charge in [-0.2, -0.15) is 0 Å². The molecule has 0 saturated carbocycles. The highest BCUT2D eigenvalue weighted by atomic mass is 32.2. The van der Waals surface area contributed by atoms with Gasteiger partial charge in [0.05, 0.1) is 4.20 Å². The second-order valence-electron chi connectivity index (χ2n) is 3.21. The first-order valence-electron chi connectivity index (χ1n) is 4.78. The van der Waals surface area contributed by atoms with Crippen LogP contribution in [-0.2, 0) is 0 Å². The molecule has 2 aromatic rings. The zero-order valence-electron chi connectivity index (χ0n) is 8.39. The van der Waals surface area contributed by atoms with Crippen molar-refractivity contribution in [2.24, 2.45) is 0 Å². The zero-order chi connectivity index (χ0) is 11.4. The first-order valence-corrected chi connectivity index (χ1v) is 6.01. The van der Waals surface area contributed by atoms with Crippen molar-refractivity contribution >= 4 is 28.2 Å². The molecule has 0 fully saturated rings. The van der Waals surface area contributed by atoms with Gasteiger partial charge in [-0.3, -0.25) is 0 Å². The number of halogens is 1. The highest BCUT2D eigenvalue weighted by molar-refractivity contribution is 8.23. The fraction of sp³-hybridized carbons (Fsp3) is 0. The highest BCUT2D eigenvalue weighted by Gasteiger charge is 2.03. The fourth-order valence-corrected chi connectivity index (χ4v) is 2.43. The van der Waals surface area contributed by atoms with Crippen molar-refractivity contribution < 1.29 is 4.39 Å². The molecule has 2 rings (SSSR count).